The number of rotatable bonds is 4. The van der Waals surface area contributed by atoms with Crippen molar-refractivity contribution in [2.75, 3.05) is 11.9 Å². The van der Waals surface area contributed by atoms with E-state index in [-0.39, 0.29) is 23.3 Å². The molecule has 3 N–H and O–H groups in total. The quantitative estimate of drug-likeness (QED) is 0.540. The Morgan fingerprint density at radius 2 is 1.97 bits per heavy atom. The van der Waals surface area contributed by atoms with Crippen molar-refractivity contribution in [2.45, 2.75) is 57.0 Å². The van der Waals surface area contributed by atoms with Gasteiger partial charge in [-0.3, -0.25) is 9.48 Å². The molecule has 1 fully saturated rings. The highest BCUT2D eigenvalue weighted by Crippen LogP contribution is 2.37. The Labute approximate surface area is 198 Å². The van der Waals surface area contributed by atoms with Crippen LogP contribution >= 0.6 is 11.6 Å². The summed E-state index contributed by atoms with van der Waals surface area (Å²) >= 11 is 6.10. The van der Waals surface area contributed by atoms with Crippen LogP contribution in [0.15, 0.2) is 24.3 Å². The van der Waals surface area contributed by atoms with Gasteiger partial charge in [0.15, 0.2) is 5.69 Å². The maximum absolute atomic E-state index is 13.4. The zero-order valence-electron chi connectivity index (χ0n) is 18.2. The molecule has 1 amide bonds. The first kappa shape index (κ1) is 22.9. The number of hydrogen-bond acceptors (Lipinski definition) is 5. The first-order chi connectivity index (χ1) is 16.2. The van der Waals surface area contributed by atoms with E-state index in [4.69, 9.17) is 22.1 Å². The van der Waals surface area contributed by atoms with E-state index in [1.165, 1.54) is 12.1 Å². The molecule has 0 spiro atoms. The minimum absolute atomic E-state index is 0.0211. The number of pyridine rings is 1. The Bertz CT molecular complexity index is 1250. The highest BCUT2D eigenvalue weighted by molar-refractivity contribution is 6.31. The van der Waals surface area contributed by atoms with Gasteiger partial charge in [-0.15, -0.1) is 0 Å². The van der Waals surface area contributed by atoms with Crippen molar-refractivity contribution in [3.05, 3.63) is 51.9 Å². The molecule has 0 bridgehead atoms. The number of hydrogen-bond donors (Lipinski definition) is 2. The molecule has 1 saturated carbocycles. The van der Waals surface area contributed by atoms with Crippen LogP contribution in [0.25, 0.3) is 10.9 Å². The molecule has 1 aliphatic carbocycles. The first-order valence-electron chi connectivity index (χ1n) is 11.1. The van der Waals surface area contributed by atoms with Crippen molar-refractivity contribution in [3.8, 4) is 0 Å². The molecule has 0 unspecified atom stereocenters. The summed E-state index contributed by atoms with van der Waals surface area (Å²) in [4.78, 5) is 15.6. The Kier molecular flexibility index (Phi) is 5.89. The average Bonchev–Trinajstić information content (AvgIpc) is 3.19. The number of alkyl halides is 3. The Hall–Kier alpha value is -2.85. The van der Waals surface area contributed by atoms with E-state index in [1.807, 2.05) is 4.68 Å². The SMILES string of the molecule is NC(=O)c1nn(C2CCC(Nc3cc(C(F)(F)F)nc4ccc(Cl)cc34)CC2)c2c1COCC2. The van der Waals surface area contributed by atoms with Gasteiger partial charge in [0, 0.05) is 39.8 Å². The number of aromatic nitrogens is 3. The topological polar surface area (TPSA) is 95.1 Å². The van der Waals surface area contributed by atoms with Crippen molar-refractivity contribution in [3.63, 3.8) is 0 Å². The molecule has 34 heavy (non-hydrogen) atoms. The van der Waals surface area contributed by atoms with Crippen molar-refractivity contribution in [1.82, 2.24) is 14.8 Å². The van der Waals surface area contributed by atoms with E-state index in [0.29, 0.717) is 35.7 Å². The summed E-state index contributed by atoms with van der Waals surface area (Å²) in [5, 5.41) is 8.79. The average molecular weight is 494 g/mol. The van der Waals surface area contributed by atoms with Crippen LogP contribution in [0.5, 0.6) is 0 Å². The van der Waals surface area contributed by atoms with Crippen molar-refractivity contribution in [2.24, 2.45) is 5.73 Å². The standard InChI is InChI=1S/C23H23ClF3N5O2/c24-12-1-6-17-15(9-12)18(10-20(30-17)23(25,26)27)29-13-2-4-14(5-3-13)32-19-7-8-34-11-16(19)21(31-32)22(28)33/h1,6,9-10,13-14H,2-5,7-8,11H2,(H2,28,33)(H,29,30). The molecule has 3 aromatic rings. The maximum Gasteiger partial charge on any atom is 0.433 e. The summed E-state index contributed by atoms with van der Waals surface area (Å²) in [7, 11) is 0. The van der Waals surface area contributed by atoms with Gasteiger partial charge in [-0.1, -0.05) is 11.6 Å². The second-order valence-electron chi connectivity index (χ2n) is 8.75. The first-order valence-corrected chi connectivity index (χ1v) is 11.5. The van der Waals surface area contributed by atoms with Gasteiger partial charge in [-0.05, 0) is 49.9 Å². The molecule has 5 rings (SSSR count). The van der Waals surface area contributed by atoms with Gasteiger partial charge in [-0.25, -0.2) is 4.98 Å². The van der Waals surface area contributed by atoms with Crippen LogP contribution in [-0.2, 0) is 23.9 Å². The highest BCUT2D eigenvalue weighted by atomic mass is 35.5. The number of ether oxygens (including phenoxy) is 1. The fourth-order valence-electron chi connectivity index (χ4n) is 4.91. The van der Waals surface area contributed by atoms with E-state index in [0.717, 1.165) is 43.0 Å². The van der Waals surface area contributed by atoms with Crippen molar-refractivity contribution in [1.29, 1.82) is 0 Å². The van der Waals surface area contributed by atoms with E-state index in [2.05, 4.69) is 15.4 Å². The molecular weight excluding hydrogens is 471 g/mol. The van der Waals surface area contributed by atoms with E-state index in [9.17, 15) is 18.0 Å². The van der Waals surface area contributed by atoms with Crippen LogP contribution in [0, 0.1) is 0 Å². The lowest BCUT2D eigenvalue weighted by Gasteiger charge is -2.31. The third-order valence-corrected chi connectivity index (χ3v) is 6.78. The lowest BCUT2D eigenvalue weighted by Crippen LogP contribution is -2.29. The molecule has 2 aromatic heterocycles. The fourth-order valence-corrected chi connectivity index (χ4v) is 5.08. The largest absolute Gasteiger partial charge is 0.433 e. The Morgan fingerprint density at radius 1 is 1.21 bits per heavy atom. The fraction of sp³-hybridized carbons (Fsp3) is 0.435. The summed E-state index contributed by atoms with van der Waals surface area (Å²) in [6, 6.07) is 5.77. The molecule has 3 heterocycles. The van der Waals surface area contributed by atoms with Gasteiger partial charge >= 0.3 is 6.18 Å². The number of nitrogens with one attached hydrogen (secondary N) is 1. The number of carbonyl (C=O) groups excluding carboxylic acids is 1. The summed E-state index contributed by atoms with van der Waals surface area (Å²) in [6.07, 6.45) is -0.900. The van der Waals surface area contributed by atoms with Crippen LogP contribution in [0.2, 0.25) is 5.02 Å². The molecule has 1 aromatic carbocycles. The number of primary amides is 1. The lowest BCUT2D eigenvalue weighted by atomic mass is 9.90. The highest BCUT2D eigenvalue weighted by Gasteiger charge is 2.34. The summed E-state index contributed by atoms with van der Waals surface area (Å²) in [5.74, 6) is -0.570. The van der Waals surface area contributed by atoms with Crippen molar-refractivity contribution < 1.29 is 22.7 Å². The zero-order valence-corrected chi connectivity index (χ0v) is 18.9. The number of benzene rings is 1. The van der Waals surface area contributed by atoms with E-state index < -0.39 is 17.8 Å². The van der Waals surface area contributed by atoms with Crippen LogP contribution < -0.4 is 11.1 Å². The van der Waals surface area contributed by atoms with Crippen LogP contribution in [0.1, 0.15) is 59.2 Å². The normalized spacial score (nSPS) is 20.8. The Morgan fingerprint density at radius 3 is 2.68 bits per heavy atom. The number of nitrogens with two attached hydrogens (primary N) is 1. The number of amides is 1. The second kappa shape index (κ2) is 8.74. The van der Waals surface area contributed by atoms with Crippen LogP contribution in [0.3, 0.4) is 0 Å². The molecule has 180 valence electrons. The maximum atomic E-state index is 13.4. The summed E-state index contributed by atoms with van der Waals surface area (Å²) < 4.78 is 47.7. The molecule has 2 aliphatic rings. The number of fused-ring (bicyclic) bond motifs is 2. The second-order valence-corrected chi connectivity index (χ2v) is 9.19. The predicted molar refractivity (Wildman–Crippen MR) is 121 cm³/mol. The molecular formula is C23H23ClF3N5O2. The van der Waals surface area contributed by atoms with Crippen LogP contribution in [0.4, 0.5) is 18.9 Å². The smallest absolute Gasteiger partial charge is 0.382 e. The van der Waals surface area contributed by atoms with Crippen LogP contribution in [-0.4, -0.2) is 33.3 Å². The molecule has 0 atom stereocenters. The van der Waals surface area contributed by atoms with E-state index >= 15 is 0 Å². The third kappa shape index (κ3) is 4.32. The van der Waals surface area contributed by atoms with Gasteiger partial charge in [0.25, 0.3) is 5.91 Å². The molecule has 11 heteroatoms. The van der Waals surface area contributed by atoms with Gasteiger partial charge in [0.1, 0.15) is 5.69 Å². The minimum Gasteiger partial charge on any atom is -0.382 e. The number of carbonyl (C=O) groups is 1. The molecule has 7 nitrogen and oxygen atoms in total. The summed E-state index contributed by atoms with van der Waals surface area (Å²) in [5.41, 5.74) is 7.18. The van der Waals surface area contributed by atoms with Gasteiger partial charge in [0.2, 0.25) is 0 Å². The van der Waals surface area contributed by atoms with E-state index in [1.54, 1.807) is 6.07 Å². The Balaban J connectivity index is 1.37. The minimum atomic E-state index is -4.55. The predicted octanol–water partition coefficient (Wildman–Crippen LogP) is 4.87. The van der Waals surface area contributed by atoms with Crippen molar-refractivity contribution >= 4 is 34.1 Å². The summed E-state index contributed by atoms with van der Waals surface area (Å²) in [6.45, 7) is 0.886. The van der Waals surface area contributed by atoms with Gasteiger partial charge in [-0.2, -0.15) is 18.3 Å². The van der Waals surface area contributed by atoms with Gasteiger partial charge < -0.3 is 15.8 Å². The monoisotopic (exact) mass is 493 g/mol. The van der Waals surface area contributed by atoms with Gasteiger partial charge in [0.05, 0.1) is 24.8 Å². The zero-order chi connectivity index (χ0) is 24.0. The molecule has 0 saturated heterocycles. The molecule has 1 aliphatic heterocycles. The number of anilines is 1. The number of nitrogens with zero attached hydrogens (tertiary/aromatic N) is 3. The lowest BCUT2D eigenvalue weighted by molar-refractivity contribution is -0.140. The third-order valence-electron chi connectivity index (χ3n) is 6.54. The molecule has 0 radical (unpaired) electrons. The number of halogens is 4.